The highest BCUT2D eigenvalue weighted by Crippen LogP contribution is 2.17. The molecule has 1 aliphatic rings. The van der Waals surface area contributed by atoms with E-state index in [1.807, 2.05) is 32.0 Å². The van der Waals surface area contributed by atoms with E-state index < -0.39 is 0 Å². The summed E-state index contributed by atoms with van der Waals surface area (Å²) in [7, 11) is 1.73. The van der Waals surface area contributed by atoms with E-state index in [1.54, 1.807) is 11.9 Å². The Morgan fingerprint density at radius 3 is 2.78 bits per heavy atom. The molecule has 1 aromatic carbocycles. The number of benzene rings is 1. The van der Waals surface area contributed by atoms with Crippen molar-refractivity contribution in [2.75, 3.05) is 25.5 Å². The highest BCUT2D eigenvalue weighted by Gasteiger charge is 2.20. The molecule has 1 unspecified atom stereocenters. The first-order valence-electron chi connectivity index (χ1n) is 8.18. The molecule has 2 rings (SSSR count). The van der Waals surface area contributed by atoms with Crippen molar-refractivity contribution in [3.05, 3.63) is 29.3 Å². The molecule has 0 radical (unpaired) electrons. The molecule has 5 heteroatoms. The molecule has 1 fully saturated rings. The lowest BCUT2D eigenvalue weighted by Gasteiger charge is -2.27. The van der Waals surface area contributed by atoms with Gasteiger partial charge in [0.15, 0.2) is 0 Å². The van der Waals surface area contributed by atoms with Gasteiger partial charge in [0.1, 0.15) is 6.42 Å². The largest absolute Gasteiger partial charge is 0.376 e. The summed E-state index contributed by atoms with van der Waals surface area (Å²) in [5.41, 5.74) is 2.82. The predicted octanol–water partition coefficient (Wildman–Crippen LogP) is 2.66. The molecule has 2 amide bonds. The Morgan fingerprint density at radius 2 is 2.09 bits per heavy atom. The standard InChI is InChI=1S/C18H26N2O3/c1-13-7-8-14(2)16(10-13)19-17(21)11-18(22)20(3)12-15-6-4-5-9-23-15/h7-8,10,15H,4-6,9,11-12H2,1-3H3,(H,19,21). The molecule has 1 aromatic rings. The highest BCUT2D eigenvalue weighted by atomic mass is 16.5. The van der Waals surface area contributed by atoms with E-state index in [-0.39, 0.29) is 24.3 Å². The van der Waals surface area contributed by atoms with Crippen molar-refractivity contribution in [2.45, 2.75) is 45.6 Å². The summed E-state index contributed by atoms with van der Waals surface area (Å²) in [6.07, 6.45) is 3.16. The minimum absolute atomic E-state index is 0.0970. The van der Waals surface area contributed by atoms with E-state index in [4.69, 9.17) is 4.74 Å². The number of carbonyl (C=O) groups excluding carboxylic acids is 2. The molecule has 0 aromatic heterocycles. The van der Waals surface area contributed by atoms with Crippen LogP contribution in [0.3, 0.4) is 0 Å². The lowest BCUT2D eigenvalue weighted by atomic mass is 10.1. The quantitative estimate of drug-likeness (QED) is 0.849. The SMILES string of the molecule is Cc1ccc(C)c(NC(=O)CC(=O)N(C)CC2CCCCO2)c1. The van der Waals surface area contributed by atoms with Crippen LogP contribution in [0.4, 0.5) is 5.69 Å². The number of nitrogens with zero attached hydrogens (tertiary/aromatic N) is 1. The normalized spacial score (nSPS) is 17.6. The first-order valence-corrected chi connectivity index (χ1v) is 8.18. The van der Waals surface area contributed by atoms with Crippen LogP contribution in [0.2, 0.25) is 0 Å². The van der Waals surface area contributed by atoms with E-state index in [0.29, 0.717) is 6.54 Å². The number of likely N-dealkylation sites (N-methyl/N-ethyl adjacent to an activating group) is 1. The van der Waals surface area contributed by atoms with Crippen molar-refractivity contribution < 1.29 is 14.3 Å². The van der Waals surface area contributed by atoms with Crippen LogP contribution in [0.1, 0.15) is 36.8 Å². The second-order valence-corrected chi connectivity index (χ2v) is 6.31. The minimum Gasteiger partial charge on any atom is -0.376 e. The van der Waals surface area contributed by atoms with Gasteiger partial charge in [0.2, 0.25) is 11.8 Å². The molecule has 1 heterocycles. The summed E-state index contributed by atoms with van der Waals surface area (Å²) in [5.74, 6) is -0.456. The van der Waals surface area contributed by atoms with Crippen molar-refractivity contribution in [2.24, 2.45) is 0 Å². The topological polar surface area (TPSA) is 58.6 Å². The molecule has 23 heavy (non-hydrogen) atoms. The van der Waals surface area contributed by atoms with Crippen molar-refractivity contribution in [1.82, 2.24) is 4.90 Å². The Bertz CT molecular complexity index is 565. The number of amides is 2. The van der Waals surface area contributed by atoms with Gasteiger partial charge < -0.3 is 15.0 Å². The molecular formula is C18H26N2O3. The van der Waals surface area contributed by atoms with Gasteiger partial charge in [0.05, 0.1) is 6.10 Å². The van der Waals surface area contributed by atoms with Crippen LogP contribution in [0.5, 0.6) is 0 Å². The molecule has 0 saturated carbocycles. The summed E-state index contributed by atoms with van der Waals surface area (Å²) in [6.45, 7) is 5.22. The maximum absolute atomic E-state index is 12.2. The number of rotatable bonds is 5. The number of hydrogen-bond donors (Lipinski definition) is 1. The molecule has 1 atom stereocenters. The van der Waals surface area contributed by atoms with E-state index in [0.717, 1.165) is 42.7 Å². The summed E-state index contributed by atoms with van der Waals surface area (Å²) in [4.78, 5) is 25.9. The number of hydrogen-bond acceptors (Lipinski definition) is 3. The maximum Gasteiger partial charge on any atom is 0.233 e. The third-order valence-electron chi connectivity index (χ3n) is 4.16. The van der Waals surface area contributed by atoms with E-state index in [9.17, 15) is 9.59 Å². The Labute approximate surface area is 138 Å². The number of aryl methyl sites for hydroxylation is 2. The maximum atomic E-state index is 12.2. The van der Waals surface area contributed by atoms with Gasteiger partial charge in [-0.15, -0.1) is 0 Å². The molecule has 0 bridgehead atoms. The first-order chi connectivity index (χ1) is 11.0. The Kier molecular flexibility index (Phi) is 6.16. The lowest BCUT2D eigenvalue weighted by molar-refractivity contribution is -0.135. The fraction of sp³-hybridized carbons (Fsp3) is 0.556. The first kappa shape index (κ1) is 17.5. The van der Waals surface area contributed by atoms with Gasteiger partial charge in [0, 0.05) is 25.9 Å². The van der Waals surface area contributed by atoms with E-state index in [1.165, 1.54) is 0 Å². The smallest absolute Gasteiger partial charge is 0.233 e. The van der Waals surface area contributed by atoms with E-state index in [2.05, 4.69) is 5.32 Å². The van der Waals surface area contributed by atoms with Gasteiger partial charge in [0.25, 0.3) is 0 Å². The minimum atomic E-state index is -0.278. The molecule has 5 nitrogen and oxygen atoms in total. The van der Waals surface area contributed by atoms with Crippen molar-refractivity contribution in [1.29, 1.82) is 0 Å². The van der Waals surface area contributed by atoms with Gasteiger partial charge in [-0.05, 0) is 50.3 Å². The summed E-state index contributed by atoms with van der Waals surface area (Å²) in [6, 6.07) is 5.87. The molecule has 0 aliphatic carbocycles. The van der Waals surface area contributed by atoms with Gasteiger partial charge in [-0.1, -0.05) is 12.1 Å². The second-order valence-electron chi connectivity index (χ2n) is 6.31. The van der Waals surface area contributed by atoms with Crippen molar-refractivity contribution >= 4 is 17.5 Å². The average Bonchev–Trinajstić information content (AvgIpc) is 2.51. The number of ether oxygens (including phenoxy) is 1. The van der Waals surface area contributed by atoms with Crippen molar-refractivity contribution in [3.8, 4) is 0 Å². The third kappa shape index (κ3) is 5.36. The van der Waals surface area contributed by atoms with Crippen molar-refractivity contribution in [3.63, 3.8) is 0 Å². The Hall–Kier alpha value is -1.88. The number of anilines is 1. The van der Waals surface area contributed by atoms with Crippen LogP contribution in [-0.4, -0.2) is 43.0 Å². The lowest BCUT2D eigenvalue weighted by Crippen LogP contribution is -2.38. The fourth-order valence-electron chi connectivity index (χ4n) is 2.70. The molecule has 1 aliphatic heterocycles. The van der Waals surface area contributed by atoms with Crippen LogP contribution in [0.25, 0.3) is 0 Å². The molecular weight excluding hydrogens is 292 g/mol. The summed E-state index contributed by atoms with van der Waals surface area (Å²) < 4.78 is 5.63. The average molecular weight is 318 g/mol. The van der Waals surface area contributed by atoms with Crippen LogP contribution < -0.4 is 5.32 Å². The van der Waals surface area contributed by atoms with E-state index >= 15 is 0 Å². The molecule has 126 valence electrons. The van der Waals surface area contributed by atoms with Crippen LogP contribution in [0, 0.1) is 13.8 Å². The predicted molar refractivity (Wildman–Crippen MR) is 90.4 cm³/mol. The summed E-state index contributed by atoms with van der Waals surface area (Å²) in [5, 5.41) is 2.82. The van der Waals surface area contributed by atoms with Crippen LogP contribution in [-0.2, 0) is 14.3 Å². The van der Waals surface area contributed by atoms with Crippen LogP contribution >= 0.6 is 0 Å². The summed E-state index contributed by atoms with van der Waals surface area (Å²) >= 11 is 0. The van der Waals surface area contributed by atoms with Gasteiger partial charge in [-0.3, -0.25) is 9.59 Å². The van der Waals surface area contributed by atoms with Gasteiger partial charge in [-0.25, -0.2) is 0 Å². The molecule has 1 saturated heterocycles. The zero-order chi connectivity index (χ0) is 16.8. The zero-order valence-corrected chi connectivity index (χ0v) is 14.2. The zero-order valence-electron chi connectivity index (χ0n) is 14.2. The second kappa shape index (κ2) is 8.11. The van der Waals surface area contributed by atoms with Crippen LogP contribution in [0.15, 0.2) is 18.2 Å². The number of carbonyl (C=O) groups is 2. The monoisotopic (exact) mass is 318 g/mol. The van der Waals surface area contributed by atoms with Gasteiger partial charge >= 0.3 is 0 Å². The highest BCUT2D eigenvalue weighted by molar-refractivity contribution is 6.03. The number of nitrogens with one attached hydrogen (secondary N) is 1. The Balaban J connectivity index is 1.83. The molecule has 0 spiro atoms. The Morgan fingerprint density at radius 1 is 1.30 bits per heavy atom. The fourth-order valence-corrected chi connectivity index (χ4v) is 2.70. The molecule has 1 N–H and O–H groups in total. The third-order valence-corrected chi connectivity index (χ3v) is 4.16. The van der Waals surface area contributed by atoms with Gasteiger partial charge in [-0.2, -0.15) is 0 Å².